The molecule has 17 heavy (non-hydrogen) atoms. The topological polar surface area (TPSA) is 30.7 Å². The van der Waals surface area contributed by atoms with Gasteiger partial charge >= 0.3 is 6.18 Å². The maximum Gasteiger partial charge on any atom is 0.435 e. The number of nitrogens with zero attached hydrogens (tertiary/aromatic N) is 3. The first kappa shape index (κ1) is 11.6. The molecular weight excluding hydrogens is 231 g/mol. The number of alkyl halides is 3. The van der Waals surface area contributed by atoms with Crippen LogP contribution >= 0.6 is 0 Å². The molecule has 0 spiro atoms. The minimum absolute atomic E-state index is 0.470. The molecule has 2 aromatic heterocycles. The molecule has 0 amide bonds. The van der Waals surface area contributed by atoms with E-state index < -0.39 is 11.9 Å². The molecule has 0 N–H and O–H groups in total. The molecule has 90 valence electrons. The fourth-order valence-corrected chi connectivity index (χ4v) is 1.51. The summed E-state index contributed by atoms with van der Waals surface area (Å²) in [6, 6.07) is 4.38. The van der Waals surface area contributed by atoms with Crippen molar-refractivity contribution in [2.75, 3.05) is 0 Å². The van der Waals surface area contributed by atoms with Gasteiger partial charge in [-0.1, -0.05) is 6.92 Å². The van der Waals surface area contributed by atoms with E-state index in [2.05, 4.69) is 10.1 Å². The van der Waals surface area contributed by atoms with Gasteiger partial charge in [0.15, 0.2) is 5.69 Å². The summed E-state index contributed by atoms with van der Waals surface area (Å²) in [6.45, 7) is 1.78. The number of aryl methyl sites for hydroxylation is 1. The molecule has 0 aliphatic heterocycles. The molecule has 0 radical (unpaired) electrons. The number of hydrogen-bond donors (Lipinski definition) is 0. The monoisotopic (exact) mass is 241 g/mol. The molecule has 0 fully saturated rings. The maximum absolute atomic E-state index is 12.5. The third-order valence-electron chi connectivity index (χ3n) is 2.33. The van der Waals surface area contributed by atoms with Crippen molar-refractivity contribution in [3.8, 4) is 5.69 Å². The molecule has 0 aliphatic rings. The average molecular weight is 241 g/mol. The van der Waals surface area contributed by atoms with E-state index in [4.69, 9.17) is 0 Å². The van der Waals surface area contributed by atoms with E-state index in [-0.39, 0.29) is 0 Å². The van der Waals surface area contributed by atoms with Gasteiger partial charge in [0.05, 0.1) is 11.9 Å². The lowest BCUT2D eigenvalue weighted by molar-refractivity contribution is -0.141. The zero-order valence-corrected chi connectivity index (χ0v) is 9.07. The van der Waals surface area contributed by atoms with Gasteiger partial charge in [0, 0.05) is 11.9 Å². The van der Waals surface area contributed by atoms with Crippen LogP contribution in [0.2, 0.25) is 0 Å². The van der Waals surface area contributed by atoms with Crippen molar-refractivity contribution in [2.24, 2.45) is 0 Å². The smallest absolute Gasteiger partial charge is 0.262 e. The van der Waals surface area contributed by atoms with E-state index >= 15 is 0 Å². The van der Waals surface area contributed by atoms with Crippen LogP contribution < -0.4 is 0 Å². The summed E-state index contributed by atoms with van der Waals surface area (Å²) in [5.74, 6) is 0. The van der Waals surface area contributed by atoms with Crippen LogP contribution in [0.5, 0.6) is 0 Å². The van der Waals surface area contributed by atoms with Crippen LogP contribution in [0.1, 0.15) is 18.3 Å². The van der Waals surface area contributed by atoms with Crippen molar-refractivity contribution >= 4 is 0 Å². The van der Waals surface area contributed by atoms with E-state index in [1.54, 1.807) is 25.3 Å². The second-order valence-electron chi connectivity index (χ2n) is 3.50. The highest BCUT2D eigenvalue weighted by atomic mass is 19.4. The quantitative estimate of drug-likeness (QED) is 0.809. The summed E-state index contributed by atoms with van der Waals surface area (Å²) in [6.07, 6.45) is -0.912. The van der Waals surface area contributed by atoms with Gasteiger partial charge in [0.2, 0.25) is 0 Å². The van der Waals surface area contributed by atoms with Crippen LogP contribution in [0.15, 0.2) is 30.6 Å². The van der Waals surface area contributed by atoms with Gasteiger partial charge in [-0.25, -0.2) is 4.68 Å². The zero-order chi connectivity index (χ0) is 12.5. The number of halogens is 3. The van der Waals surface area contributed by atoms with Crippen LogP contribution in [0, 0.1) is 0 Å². The van der Waals surface area contributed by atoms with Gasteiger partial charge in [-0.05, 0) is 24.6 Å². The van der Waals surface area contributed by atoms with E-state index in [1.165, 1.54) is 10.9 Å². The Balaban J connectivity index is 2.51. The zero-order valence-electron chi connectivity index (χ0n) is 9.07. The molecule has 3 nitrogen and oxygen atoms in total. The summed E-state index contributed by atoms with van der Waals surface area (Å²) < 4.78 is 38.9. The second-order valence-corrected chi connectivity index (χ2v) is 3.50. The number of hydrogen-bond acceptors (Lipinski definition) is 2. The molecule has 0 aliphatic carbocycles. The average Bonchev–Trinajstić information content (AvgIpc) is 2.73. The molecule has 0 saturated carbocycles. The normalized spacial score (nSPS) is 11.8. The molecule has 6 heteroatoms. The van der Waals surface area contributed by atoms with Crippen LogP contribution in [0.4, 0.5) is 13.2 Å². The van der Waals surface area contributed by atoms with Gasteiger partial charge in [-0.3, -0.25) is 4.98 Å². The number of rotatable bonds is 2. The van der Waals surface area contributed by atoms with Gasteiger partial charge < -0.3 is 0 Å². The Morgan fingerprint density at radius 3 is 2.65 bits per heavy atom. The van der Waals surface area contributed by atoms with Crippen molar-refractivity contribution in [3.63, 3.8) is 0 Å². The Kier molecular flexibility index (Phi) is 2.87. The van der Waals surface area contributed by atoms with E-state index in [9.17, 15) is 13.2 Å². The van der Waals surface area contributed by atoms with Crippen molar-refractivity contribution in [1.29, 1.82) is 0 Å². The predicted octanol–water partition coefficient (Wildman–Crippen LogP) is 2.85. The molecule has 0 atom stereocenters. The molecule has 0 bridgehead atoms. The molecule has 0 unspecified atom stereocenters. The summed E-state index contributed by atoms with van der Waals surface area (Å²) >= 11 is 0. The van der Waals surface area contributed by atoms with Crippen LogP contribution in [-0.2, 0) is 12.6 Å². The van der Waals surface area contributed by atoms with Gasteiger partial charge in [-0.2, -0.15) is 18.3 Å². The van der Waals surface area contributed by atoms with Gasteiger partial charge in [0.1, 0.15) is 0 Å². The molecular formula is C11H10F3N3. The summed E-state index contributed by atoms with van der Waals surface area (Å²) in [5.41, 5.74) is 0.156. The Morgan fingerprint density at radius 1 is 1.35 bits per heavy atom. The Morgan fingerprint density at radius 2 is 2.12 bits per heavy atom. The third kappa shape index (κ3) is 2.30. The fraction of sp³-hybridized carbons (Fsp3) is 0.273. The molecule has 2 aromatic rings. The van der Waals surface area contributed by atoms with E-state index in [0.717, 1.165) is 6.07 Å². The van der Waals surface area contributed by atoms with Gasteiger partial charge in [0.25, 0.3) is 0 Å². The fourth-order valence-electron chi connectivity index (χ4n) is 1.51. The lowest BCUT2D eigenvalue weighted by Gasteiger charge is -2.04. The summed E-state index contributed by atoms with van der Waals surface area (Å²) in [4.78, 5) is 3.87. The van der Waals surface area contributed by atoms with E-state index in [0.29, 0.717) is 17.8 Å². The third-order valence-corrected chi connectivity index (χ3v) is 2.33. The lowest BCUT2D eigenvalue weighted by Crippen LogP contribution is -2.07. The molecule has 2 heterocycles. The Hall–Kier alpha value is -1.85. The SMILES string of the molecule is CCc1cc(C(F)(F)F)nn1-c1cccnc1. The van der Waals surface area contributed by atoms with Crippen molar-refractivity contribution < 1.29 is 13.2 Å². The van der Waals surface area contributed by atoms with Crippen molar-refractivity contribution in [3.05, 3.63) is 42.0 Å². The largest absolute Gasteiger partial charge is 0.435 e. The van der Waals surface area contributed by atoms with Crippen LogP contribution in [0.25, 0.3) is 5.69 Å². The minimum atomic E-state index is -4.42. The highest BCUT2D eigenvalue weighted by Gasteiger charge is 2.34. The van der Waals surface area contributed by atoms with Crippen molar-refractivity contribution in [1.82, 2.24) is 14.8 Å². The number of pyridine rings is 1. The predicted molar refractivity (Wildman–Crippen MR) is 55.7 cm³/mol. The maximum atomic E-state index is 12.5. The lowest BCUT2D eigenvalue weighted by atomic mass is 10.3. The molecule has 0 aromatic carbocycles. The van der Waals surface area contributed by atoms with Gasteiger partial charge in [-0.15, -0.1) is 0 Å². The standard InChI is InChI=1S/C11H10F3N3/c1-2-8-6-10(11(12,13)14)16-17(8)9-4-3-5-15-7-9/h3-7H,2H2,1H3. The molecule has 0 saturated heterocycles. The highest BCUT2D eigenvalue weighted by Crippen LogP contribution is 2.29. The Bertz CT molecular complexity index is 502. The second kappa shape index (κ2) is 4.20. The van der Waals surface area contributed by atoms with E-state index in [1.807, 2.05) is 0 Å². The molecule has 2 rings (SSSR count). The van der Waals surface area contributed by atoms with Crippen LogP contribution in [-0.4, -0.2) is 14.8 Å². The summed E-state index contributed by atoms with van der Waals surface area (Å²) in [7, 11) is 0. The first-order valence-corrected chi connectivity index (χ1v) is 5.09. The van der Waals surface area contributed by atoms with Crippen LogP contribution in [0.3, 0.4) is 0 Å². The first-order valence-electron chi connectivity index (χ1n) is 5.09. The summed E-state index contributed by atoms with van der Waals surface area (Å²) in [5, 5.41) is 3.57. The first-order chi connectivity index (χ1) is 8.02. The highest BCUT2D eigenvalue weighted by molar-refractivity contribution is 5.31. The minimum Gasteiger partial charge on any atom is -0.262 e. The van der Waals surface area contributed by atoms with Crippen molar-refractivity contribution in [2.45, 2.75) is 19.5 Å². The number of aromatic nitrogens is 3. The Labute approximate surface area is 95.9 Å².